The monoisotopic (exact) mass is 363 g/mol. The molecule has 24 heavy (non-hydrogen) atoms. The Hall–Kier alpha value is -1.86. The first-order chi connectivity index (χ1) is 11.5. The Balaban J connectivity index is 1.71. The summed E-state index contributed by atoms with van der Waals surface area (Å²) in [6, 6.07) is 7.59. The minimum Gasteiger partial charge on any atom is -0.339 e. The fourth-order valence-electron chi connectivity index (χ4n) is 2.23. The van der Waals surface area contributed by atoms with Crippen molar-refractivity contribution in [3.63, 3.8) is 0 Å². The Bertz CT molecular complexity index is 829. The first-order valence-electron chi connectivity index (χ1n) is 7.63. The second-order valence-electron chi connectivity index (χ2n) is 5.84. The van der Waals surface area contributed by atoms with Crippen molar-refractivity contribution < 1.29 is 4.52 Å². The quantitative estimate of drug-likeness (QED) is 0.616. The lowest BCUT2D eigenvalue weighted by Crippen LogP contribution is -1.96. The second-order valence-corrected chi connectivity index (χ2v) is 7.19. The lowest BCUT2D eigenvalue weighted by Gasteiger charge is -2.04. The Kier molecular flexibility index (Phi) is 5.20. The normalized spacial score (nSPS) is 11.4. The van der Waals surface area contributed by atoms with E-state index in [2.05, 4.69) is 34.2 Å². The molecule has 0 spiro atoms. The molecule has 0 unspecified atom stereocenters. The van der Waals surface area contributed by atoms with Crippen molar-refractivity contribution in [3.8, 4) is 11.4 Å². The number of benzene rings is 1. The molecule has 0 aliphatic rings. The molecule has 3 aromatic rings. The SMILES string of the molecule is CC(C)Cc1nc(CSc2nnc(-c3ccccc3Cl)n2C)no1. The summed E-state index contributed by atoms with van der Waals surface area (Å²) in [5, 5.41) is 13.9. The summed E-state index contributed by atoms with van der Waals surface area (Å²) in [5.41, 5.74) is 0.861. The number of hydrogen-bond acceptors (Lipinski definition) is 6. The summed E-state index contributed by atoms with van der Waals surface area (Å²) in [4.78, 5) is 4.40. The molecule has 0 aliphatic carbocycles. The predicted molar refractivity (Wildman–Crippen MR) is 93.9 cm³/mol. The number of halogens is 1. The summed E-state index contributed by atoms with van der Waals surface area (Å²) in [6.45, 7) is 4.24. The van der Waals surface area contributed by atoms with Crippen molar-refractivity contribution in [2.75, 3.05) is 0 Å². The third-order valence-corrected chi connectivity index (χ3v) is 4.72. The van der Waals surface area contributed by atoms with Gasteiger partial charge in [-0.05, 0) is 18.1 Å². The van der Waals surface area contributed by atoms with Crippen LogP contribution in [0, 0.1) is 5.92 Å². The summed E-state index contributed by atoms with van der Waals surface area (Å²) < 4.78 is 7.17. The first kappa shape index (κ1) is 17.0. The van der Waals surface area contributed by atoms with E-state index in [0.717, 1.165) is 23.0 Å². The first-order valence-corrected chi connectivity index (χ1v) is 8.99. The Morgan fingerprint density at radius 1 is 1.25 bits per heavy atom. The van der Waals surface area contributed by atoms with Gasteiger partial charge in [-0.1, -0.05) is 54.5 Å². The maximum atomic E-state index is 6.24. The van der Waals surface area contributed by atoms with Gasteiger partial charge in [0.15, 0.2) is 16.8 Å². The largest absolute Gasteiger partial charge is 0.339 e. The molecule has 0 aliphatic heterocycles. The molecule has 0 saturated heterocycles. The van der Waals surface area contributed by atoms with E-state index in [1.807, 2.05) is 35.9 Å². The van der Waals surface area contributed by atoms with Gasteiger partial charge in [-0.25, -0.2) is 0 Å². The number of hydrogen-bond donors (Lipinski definition) is 0. The maximum Gasteiger partial charge on any atom is 0.226 e. The molecular weight excluding hydrogens is 346 g/mol. The molecule has 0 atom stereocenters. The van der Waals surface area contributed by atoms with Crippen LogP contribution in [0.15, 0.2) is 33.9 Å². The van der Waals surface area contributed by atoms with Crippen LogP contribution in [-0.2, 0) is 19.2 Å². The summed E-state index contributed by atoms with van der Waals surface area (Å²) >= 11 is 7.75. The van der Waals surface area contributed by atoms with Crippen molar-refractivity contribution >= 4 is 23.4 Å². The van der Waals surface area contributed by atoms with E-state index >= 15 is 0 Å². The maximum absolute atomic E-state index is 6.24. The van der Waals surface area contributed by atoms with Crippen LogP contribution in [0.2, 0.25) is 5.02 Å². The van der Waals surface area contributed by atoms with E-state index in [1.165, 1.54) is 11.8 Å². The van der Waals surface area contributed by atoms with Gasteiger partial charge in [-0.2, -0.15) is 4.98 Å². The Morgan fingerprint density at radius 3 is 2.79 bits per heavy atom. The lowest BCUT2D eigenvalue weighted by molar-refractivity contribution is 0.360. The number of aromatic nitrogens is 5. The second kappa shape index (κ2) is 7.36. The van der Waals surface area contributed by atoms with Gasteiger partial charge in [0.1, 0.15) is 0 Å². The van der Waals surface area contributed by atoms with Gasteiger partial charge in [0.2, 0.25) is 5.89 Å². The van der Waals surface area contributed by atoms with Crippen LogP contribution in [-0.4, -0.2) is 24.9 Å². The number of nitrogens with zero attached hydrogens (tertiary/aromatic N) is 5. The van der Waals surface area contributed by atoms with Crippen molar-refractivity contribution in [1.82, 2.24) is 24.9 Å². The molecule has 6 nitrogen and oxygen atoms in total. The van der Waals surface area contributed by atoms with E-state index in [-0.39, 0.29) is 0 Å². The predicted octanol–water partition coefficient (Wildman–Crippen LogP) is 4.01. The summed E-state index contributed by atoms with van der Waals surface area (Å²) in [6.07, 6.45) is 0.790. The lowest BCUT2D eigenvalue weighted by atomic mass is 10.1. The van der Waals surface area contributed by atoms with Gasteiger partial charge in [0.25, 0.3) is 0 Å². The molecule has 2 heterocycles. The molecule has 2 aromatic heterocycles. The minimum atomic E-state index is 0.489. The van der Waals surface area contributed by atoms with Crippen molar-refractivity contribution in [2.45, 2.75) is 31.2 Å². The van der Waals surface area contributed by atoms with E-state index in [9.17, 15) is 0 Å². The van der Waals surface area contributed by atoms with Gasteiger partial charge >= 0.3 is 0 Å². The van der Waals surface area contributed by atoms with Crippen molar-refractivity contribution in [3.05, 3.63) is 41.0 Å². The van der Waals surface area contributed by atoms with Crippen LogP contribution < -0.4 is 0 Å². The van der Waals surface area contributed by atoms with Crippen LogP contribution in [0.4, 0.5) is 0 Å². The molecule has 1 aromatic carbocycles. The zero-order valence-electron chi connectivity index (χ0n) is 13.7. The zero-order chi connectivity index (χ0) is 17.1. The van der Waals surface area contributed by atoms with Gasteiger partial charge in [0, 0.05) is 19.0 Å². The van der Waals surface area contributed by atoms with Crippen molar-refractivity contribution in [2.24, 2.45) is 13.0 Å². The minimum absolute atomic E-state index is 0.489. The van der Waals surface area contributed by atoms with Crippen LogP contribution in [0.3, 0.4) is 0 Å². The van der Waals surface area contributed by atoms with Gasteiger partial charge in [-0.3, -0.25) is 0 Å². The van der Waals surface area contributed by atoms with Crippen LogP contribution in [0.1, 0.15) is 25.6 Å². The number of rotatable bonds is 6. The molecular formula is C16H18ClN5OS. The van der Waals surface area contributed by atoms with E-state index in [1.54, 1.807) is 0 Å². The van der Waals surface area contributed by atoms with E-state index in [4.69, 9.17) is 16.1 Å². The molecule has 0 radical (unpaired) electrons. The average Bonchev–Trinajstić information content (AvgIpc) is 3.12. The molecule has 0 saturated carbocycles. The molecule has 3 rings (SSSR count). The van der Waals surface area contributed by atoms with Gasteiger partial charge < -0.3 is 9.09 Å². The summed E-state index contributed by atoms with van der Waals surface area (Å²) in [5.74, 6) is 3.14. The third-order valence-electron chi connectivity index (χ3n) is 3.37. The highest BCUT2D eigenvalue weighted by Gasteiger charge is 2.15. The molecule has 0 amide bonds. The molecule has 126 valence electrons. The number of thioether (sulfide) groups is 1. The van der Waals surface area contributed by atoms with Crippen LogP contribution >= 0.6 is 23.4 Å². The fraction of sp³-hybridized carbons (Fsp3) is 0.375. The highest BCUT2D eigenvalue weighted by Crippen LogP contribution is 2.29. The summed E-state index contributed by atoms with van der Waals surface area (Å²) in [7, 11) is 1.92. The van der Waals surface area contributed by atoms with Crippen LogP contribution in [0.5, 0.6) is 0 Å². The molecule has 0 N–H and O–H groups in total. The smallest absolute Gasteiger partial charge is 0.226 e. The molecule has 0 bridgehead atoms. The molecule has 0 fully saturated rings. The average molecular weight is 364 g/mol. The standard InChI is InChI=1S/C16H18ClN5OS/c1-10(2)8-14-18-13(21-23-14)9-24-16-20-19-15(22(16)3)11-6-4-5-7-12(11)17/h4-7,10H,8-9H2,1-3H3. The highest BCUT2D eigenvalue weighted by atomic mass is 35.5. The van der Waals surface area contributed by atoms with Gasteiger partial charge in [-0.15, -0.1) is 10.2 Å². The molecule has 8 heteroatoms. The highest BCUT2D eigenvalue weighted by molar-refractivity contribution is 7.98. The Labute approximate surface area is 149 Å². The topological polar surface area (TPSA) is 69.6 Å². The van der Waals surface area contributed by atoms with E-state index in [0.29, 0.717) is 28.4 Å². The fourth-order valence-corrected chi connectivity index (χ4v) is 3.20. The van der Waals surface area contributed by atoms with Crippen LogP contribution in [0.25, 0.3) is 11.4 Å². The zero-order valence-corrected chi connectivity index (χ0v) is 15.3. The van der Waals surface area contributed by atoms with Gasteiger partial charge in [0.05, 0.1) is 10.8 Å². The van der Waals surface area contributed by atoms with Crippen molar-refractivity contribution in [1.29, 1.82) is 0 Å². The third kappa shape index (κ3) is 3.79. The Morgan fingerprint density at radius 2 is 2.04 bits per heavy atom. The van der Waals surface area contributed by atoms with E-state index < -0.39 is 0 Å².